The van der Waals surface area contributed by atoms with Gasteiger partial charge in [0.25, 0.3) is 0 Å². The molecule has 3 N–H and O–H groups in total. The Hall–Kier alpha value is -0.120. The molecule has 1 aliphatic heterocycles. The molecule has 1 heterocycles. The molecule has 31 heavy (non-hydrogen) atoms. The Labute approximate surface area is 190 Å². The smallest absolute Gasteiger partial charge is 0.0687 e. The van der Waals surface area contributed by atoms with Gasteiger partial charge in [-0.3, -0.25) is 0 Å². The lowest BCUT2D eigenvalue weighted by Gasteiger charge is -2.75. The fourth-order valence-electron chi connectivity index (χ4n) is 11.1. The molecule has 176 valence electrons. The van der Waals surface area contributed by atoms with Crippen LogP contribution < -0.4 is 5.32 Å². The van der Waals surface area contributed by atoms with Crippen molar-refractivity contribution in [1.29, 1.82) is 0 Å². The van der Waals surface area contributed by atoms with Crippen LogP contribution in [-0.2, 0) is 0 Å². The summed E-state index contributed by atoms with van der Waals surface area (Å²) in [5, 5.41) is 28.2. The predicted octanol–water partition coefficient (Wildman–Crippen LogP) is 5.43. The van der Waals surface area contributed by atoms with Crippen LogP contribution in [0.1, 0.15) is 110 Å². The fourth-order valence-corrected chi connectivity index (χ4v) is 11.1. The first kappa shape index (κ1) is 21.4. The van der Waals surface area contributed by atoms with Crippen LogP contribution in [0.2, 0.25) is 0 Å². The average Bonchev–Trinajstić information content (AvgIpc) is 3.10. The Kier molecular flexibility index (Phi) is 4.97. The summed E-state index contributed by atoms with van der Waals surface area (Å²) in [5.41, 5.74) is -0.0945. The monoisotopic (exact) mass is 429 g/mol. The minimum absolute atomic E-state index is 0.00574. The number of unbranched alkanes of at least 4 members (excludes halogenated alkanes) is 2. The molecule has 0 radical (unpaired) electrons. The number of rotatable bonds is 4. The molecule has 6 fully saturated rings. The fraction of sp³-hybridized carbons (Fsp3) is 1.00. The van der Waals surface area contributed by atoms with Crippen molar-refractivity contribution in [3.8, 4) is 0 Å². The van der Waals surface area contributed by atoms with Gasteiger partial charge in [-0.25, -0.2) is 0 Å². The molecule has 0 amide bonds. The van der Waals surface area contributed by atoms with Crippen LogP contribution in [-0.4, -0.2) is 34.5 Å². The highest BCUT2D eigenvalue weighted by Gasteiger charge is 2.80. The van der Waals surface area contributed by atoms with E-state index in [1.54, 1.807) is 0 Å². The van der Waals surface area contributed by atoms with Crippen molar-refractivity contribution >= 4 is 0 Å². The number of aliphatic hydroxyl groups excluding tert-OH is 1. The number of hydrogen-bond acceptors (Lipinski definition) is 3. The summed E-state index contributed by atoms with van der Waals surface area (Å²) in [6, 6.07) is 0.677. The molecular formula is C28H47NO2. The van der Waals surface area contributed by atoms with Gasteiger partial charge in [-0.1, -0.05) is 46.0 Å². The highest BCUT2D eigenvalue weighted by molar-refractivity contribution is 5.29. The summed E-state index contributed by atoms with van der Waals surface area (Å²) < 4.78 is 0. The topological polar surface area (TPSA) is 52.5 Å². The van der Waals surface area contributed by atoms with Gasteiger partial charge in [-0.05, 0) is 105 Å². The Morgan fingerprint density at radius 1 is 1.03 bits per heavy atom. The molecule has 3 heteroatoms. The molecule has 6 rings (SSSR count). The predicted molar refractivity (Wildman–Crippen MR) is 125 cm³/mol. The van der Waals surface area contributed by atoms with E-state index in [0.29, 0.717) is 23.3 Å². The maximum absolute atomic E-state index is 12.1. The summed E-state index contributed by atoms with van der Waals surface area (Å²) >= 11 is 0. The molecule has 10 unspecified atom stereocenters. The van der Waals surface area contributed by atoms with E-state index in [0.717, 1.165) is 37.5 Å². The van der Waals surface area contributed by atoms with Gasteiger partial charge in [0.15, 0.2) is 0 Å². The highest BCUT2D eigenvalue weighted by atomic mass is 16.3. The van der Waals surface area contributed by atoms with Gasteiger partial charge in [-0.2, -0.15) is 0 Å². The third-order valence-electron chi connectivity index (χ3n) is 12.0. The lowest BCUT2D eigenvalue weighted by atomic mass is 9.31. The number of piperidine rings is 1. The van der Waals surface area contributed by atoms with Gasteiger partial charge < -0.3 is 15.5 Å². The molecule has 3 nitrogen and oxygen atoms in total. The minimum atomic E-state index is -0.518. The zero-order chi connectivity index (χ0) is 21.5. The molecule has 2 bridgehead atoms. The molecule has 0 aromatic rings. The molecule has 0 aromatic heterocycles. The highest BCUT2D eigenvalue weighted by Crippen LogP contribution is 2.82. The van der Waals surface area contributed by atoms with E-state index in [1.165, 1.54) is 77.2 Å². The zero-order valence-corrected chi connectivity index (χ0v) is 20.2. The minimum Gasteiger partial charge on any atom is -0.392 e. The quantitative estimate of drug-likeness (QED) is 0.522. The van der Waals surface area contributed by atoms with Gasteiger partial charge in [0.2, 0.25) is 0 Å². The van der Waals surface area contributed by atoms with Crippen LogP contribution >= 0.6 is 0 Å². The second-order valence-electron chi connectivity index (χ2n) is 13.6. The largest absolute Gasteiger partial charge is 0.392 e. The number of fused-ring (bicyclic) bond motifs is 5. The van der Waals surface area contributed by atoms with E-state index in [-0.39, 0.29) is 16.9 Å². The van der Waals surface area contributed by atoms with Gasteiger partial charge in [-0.15, -0.1) is 0 Å². The first-order chi connectivity index (χ1) is 14.9. The zero-order valence-electron chi connectivity index (χ0n) is 20.2. The molecule has 10 atom stereocenters. The van der Waals surface area contributed by atoms with Crippen molar-refractivity contribution in [2.45, 2.75) is 128 Å². The van der Waals surface area contributed by atoms with E-state index in [4.69, 9.17) is 0 Å². The van der Waals surface area contributed by atoms with E-state index in [1.807, 2.05) is 0 Å². The van der Waals surface area contributed by atoms with Crippen molar-refractivity contribution in [2.24, 2.45) is 39.9 Å². The second kappa shape index (κ2) is 7.19. The van der Waals surface area contributed by atoms with Crippen molar-refractivity contribution in [3.63, 3.8) is 0 Å². The summed E-state index contributed by atoms with van der Waals surface area (Å²) in [6.45, 7) is 5.88. The Bertz CT molecular complexity index is 711. The van der Waals surface area contributed by atoms with Crippen molar-refractivity contribution < 1.29 is 10.2 Å². The molecule has 6 aliphatic rings. The lowest BCUT2D eigenvalue weighted by molar-refractivity contribution is -0.304. The number of aliphatic hydroxyl groups is 2. The first-order valence-electron chi connectivity index (χ1n) is 14.0. The Morgan fingerprint density at radius 2 is 1.90 bits per heavy atom. The standard InChI is InChI=1S/C28H47NO2/c1-3-4-5-8-19-13-21-24-20(9-6-12-29-24)15-28-22(16-26(21,28)14-19)27(31)11-7-10-25(2,18-27)17-23(28)30/h19-24,29-31H,3-18H2,1-2H3. The van der Waals surface area contributed by atoms with Crippen LogP contribution in [0.5, 0.6) is 0 Å². The van der Waals surface area contributed by atoms with Crippen LogP contribution in [0.15, 0.2) is 0 Å². The maximum Gasteiger partial charge on any atom is 0.0687 e. The van der Waals surface area contributed by atoms with E-state index in [9.17, 15) is 10.2 Å². The van der Waals surface area contributed by atoms with Crippen molar-refractivity contribution in [2.75, 3.05) is 6.54 Å². The summed E-state index contributed by atoms with van der Waals surface area (Å²) in [7, 11) is 0. The third kappa shape index (κ3) is 2.81. The second-order valence-corrected chi connectivity index (χ2v) is 13.6. The van der Waals surface area contributed by atoms with E-state index >= 15 is 0 Å². The van der Waals surface area contributed by atoms with Gasteiger partial charge >= 0.3 is 0 Å². The van der Waals surface area contributed by atoms with E-state index < -0.39 is 5.60 Å². The SMILES string of the molecule is CCCCCC1CC2C3NCCCC3CC34C(O)CC5(C)CCCC(O)(C5)C3CC24C1. The Balaban J connectivity index is 1.40. The molecule has 5 aliphatic carbocycles. The average molecular weight is 430 g/mol. The van der Waals surface area contributed by atoms with Crippen LogP contribution in [0.4, 0.5) is 0 Å². The first-order valence-corrected chi connectivity index (χ1v) is 14.0. The van der Waals surface area contributed by atoms with Crippen LogP contribution in [0.3, 0.4) is 0 Å². The molecule has 0 aromatic carbocycles. The molecule has 1 saturated heterocycles. The number of nitrogens with one attached hydrogen (secondary N) is 1. The maximum atomic E-state index is 12.1. The molecular weight excluding hydrogens is 382 g/mol. The summed E-state index contributed by atoms with van der Waals surface area (Å²) in [6.07, 6.45) is 18.2. The summed E-state index contributed by atoms with van der Waals surface area (Å²) in [4.78, 5) is 0. The summed E-state index contributed by atoms with van der Waals surface area (Å²) in [5.74, 6) is 2.64. The van der Waals surface area contributed by atoms with Crippen molar-refractivity contribution in [1.82, 2.24) is 5.32 Å². The molecule has 5 saturated carbocycles. The van der Waals surface area contributed by atoms with E-state index in [2.05, 4.69) is 19.2 Å². The van der Waals surface area contributed by atoms with Crippen molar-refractivity contribution in [3.05, 3.63) is 0 Å². The normalized spacial score (nSPS) is 57.7. The number of hydrogen-bond donors (Lipinski definition) is 3. The third-order valence-corrected chi connectivity index (χ3v) is 12.0. The Morgan fingerprint density at radius 3 is 2.74 bits per heavy atom. The molecule has 2 spiro atoms. The van der Waals surface area contributed by atoms with Crippen LogP contribution in [0, 0.1) is 39.9 Å². The lowest BCUT2D eigenvalue weighted by Crippen LogP contribution is -2.75. The van der Waals surface area contributed by atoms with Gasteiger partial charge in [0.1, 0.15) is 0 Å². The van der Waals surface area contributed by atoms with Crippen LogP contribution in [0.25, 0.3) is 0 Å². The van der Waals surface area contributed by atoms with Gasteiger partial charge in [0, 0.05) is 11.5 Å². The van der Waals surface area contributed by atoms with Gasteiger partial charge in [0.05, 0.1) is 11.7 Å².